The molecule has 0 N–H and O–H groups in total. The Balaban J connectivity index is 1.31. The van der Waals surface area contributed by atoms with Crippen molar-refractivity contribution in [2.24, 2.45) is 5.92 Å². The zero-order chi connectivity index (χ0) is 18.2. The molecule has 2 saturated heterocycles. The molecule has 0 spiro atoms. The van der Waals surface area contributed by atoms with Gasteiger partial charge in [-0.25, -0.2) is 9.97 Å². The summed E-state index contributed by atoms with van der Waals surface area (Å²) in [5.41, 5.74) is 1.54. The molecule has 1 unspecified atom stereocenters. The first-order valence-corrected chi connectivity index (χ1v) is 11.3. The van der Waals surface area contributed by atoms with Gasteiger partial charge >= 0.3 is 0 Å². The number of piperidine rings is 1. The molecule has 0 radical (unpaired) electrons. The van der Waals surface area contributed by atoms with Gasteiger partial charge in [0.05, 0.1) is 24.7 Å². The molecule has 1 atom stereocenters. The number of hydrogen-bond acceptors (Lipinski definition) is 6. The number of anilines is 1. The number of rotatable bonds is 4. The molecular formula is C21H29N3O2S. The molecule has 2 aromatic rings. The van der Waals surface area contributed by atoms with Gasteiger partial charge in [0.2, 0.25) is 0 Å². The van der Waals surface area contributed by atoms with Crippen LogP contribution in [0.5, 0.6) is 0 Å². The van der Waals surface area contributed by atoms with Crippen LogP contribution in [0.1, 0.15) is 48.4 Å². The Labute approximate surface area is 165 Å². The second kappa shape index (κ2) is 7.64. The van der Waals surface area contributed by atoms with Crippen molar-refractivity contribution in [3.05, 3.63) is 16.3 Å². The largest absolute Gasteiger partial charge is 0.381 e. The van der Waals surface area contributed by atoms with Gasteiger partial charge in [-0.05, 0) is 57.4 Å². The summed E-state index contributed by atoms with van der Waals surface area (Å²) in [6.07, 6.45) is 8.74. The molecule has 0 amide bonds. The van der Waals surface area contributed by atoms with Crippen molar-refractivity contribution >= 4 is 27.4 Å². The van der Waals surface area contributed by atoms with Crippen molar-refractivity contribution < 1.29 is 9.47 Å². The first kappa shape index (κ1) is 17.8. The summed E-state index contributed by atoms with van der Waals surface area (Å²) < 4.78 is 11.7. The summed E-state index contributed by atoms with van der Waals surface area (Å²) >= 11 is 1.90. The van der Waals surface area contributed by atoms with Gasteiger partial charge < -0.3 is 14.4 Å². The van der Waals surface area contributed by atoms with Crippen molar-refractivity contribution in [3.63, 3.8) is 0 Å². The Kier molecular flexibility index (Phi) is 5.05. The molecule has 27 heavy (non-hydrogen) atoms. The highest BCUT2D eigenvalue weighted by molar-refractivity contribution is 7.19. The molecule has 4 heterocycles. The monoisotopic (exact) mass is 387 g/mol. The highest BCUT2D eigenvalue weighted by Crippen LogP contribution is 2.40. The van der Waals surface area contributed by atoms with E-state index in [4.69, 9.17) is 19.4 Å². The average Bonchev–Trinajstić information content (AvgIpc) is 3.33. The first-order valence-electron chi connectivity index (χ1n) is 10.5. The Morgan fingerprint density at radius 2 is 2.00 bits per heavy atom. The minimum atomic E-state index is 0.386. The Morgan fingerprint density at radius 3 is 2.81 bits per heavy atom. The van der Waals surface area contributed by atoms with Crippen LogP contribution in [-0.2, 0) is 22.3 Å². The Bertz CT molecular complexity index is 807. The molecule has 1 aliphatic carbocycles. The van der Waals surface area contributed by atoms with Gasteiger partial charge in [-0.3, -0.25) is 0 Å². The van der Waals surface area contributed by atoms with E-state index in [9.17, 15) is 0 Å². The Hall–Kier alpha value is -1.24. The smallest absolute Gasteiger partial charge is 0.141 e. The molecule has 2 aliphatic heterocycles. The summed E-state index contributed by atoms with van der Waals surface area (Å²) in [5, 5.41) is 1.35. The molecule has 6 heteroatoms. The number of fused-ring (bicyclic) bond motifs is 3. The quantitative estimate of drug-likeness (QED) is 0.796. The van der Waals surface area contributed by atoms with Crippen LogP contribution in [0.15, 0.2) is 0 Å². The fourth-order valence-corrected chi connectivity index (χ4v) is 5.99. The normalized spacial score (nSPS) is 23.9. The van der Waals surface area contributed by atoms with Gasteiger partial charge in [-0.1, -0.05) is 0 Å². The maximum absolute atomic E-state index is 6.20. The maximum Gasteiger partial charge on any atom is 0.141 e. The topological polar surface area (TPSA) is 47.5 Å². The lowest BCUT2D eigenvalue weighted by Gasteiger charge is -2.33. The van der Waals surface area contributed by atoms with Crippen molar-refractivity contribution in [2.45, 2.75) is 58.0 Å². The average molecular weight is 388 g/mol. The highest BCUT2D eigenvalue weighted by Gasteiger charge is 2.27. The van der Waals surface area contributed by atoms with Gasteiger partial charge in [0.15, 0.2) is 0 Å². The van der Waals surface area contributed by atoms with E-state index in [1.165, 1.54) is 47.3 Å². The lowest BCUT2D eigenvalue weighted by atomic mass is 9.96. The Morgan fingerprint density at radius 1 is 1.15 bits per heavy atom. The minimum absolute atomic E-state index is 0.386. The summed E-state index contributed by atoms with van der Waals surface area (Å²) in [5.74, 6) is 2.68. The molecule has 2 aromatic heterocycles. The van der Waals surface area contributed by atoms with E-state index in [1.807, 2.05) is 18.3 Å². The SMILES string of the molecule is Cc1nc(N2CCC(OCC3CCOC3)CC2)c2c3c(sc2n1)CCCC3. The maximum atomic E-state index is 6.20. The number of thiophene rings is 1. The number of hydrogen-bond donors (Lipinski definition) is 0. The van der Waals surface area contributed by atoms with E-state index in [-0.39, 0.29) is 0 Å². The zero-order valence-corrected chi connectivity index (χ0v) is 17.0. The third-order valence-corrected chi connectivity index (χ3v) is 7.43. The van der Waals surface area contributed by atoms with Gasteiger partial charge in [0.1, 0.15) is 16.5 Å². The van der Waals surface area contributed by atoms with E-state index >= 15 is 0 Å². The standard InChI is InChI=1S/C21H29N3O2S/c1-14-22-20(19-17-4-2-3-5-18(17)27-21(19)23-14)24-9-6-16(7-10-24)26-13-15-8-11-25-12-15/h15-16H,2-13H2,1H3. The van der Waals surface area contributed by atoms with Crippen LogP contribution in [0.25, 0.3) is 10.2 Å². The predicted molar refractivity (Wildman–Crippen MR) is 109 cm³/mol. The number of aromatic nitrogens is 2. The summed E-state index contributed by atoms with van der Waals surface area (Å²) in [7, 11) is 0. The first-order chi connectivity index (χ1) is 13.3. The van der Waals surface area contributed by atoms with Crippen molar-refractivity contribution in [1.29, 1.82) is 0 Å². The molecule has 5 nitrogen and oxygen atoms in total. The van der Waals surface area contributed by atoms with Crippen LogP contribution in [0, 0.1) is 12.8 Å². The van der Waals surface area contributed by atoms with E-state index in [1.54, 1.807) is 4.88 Å². The van der Waals surface area contributed by atoms with Gasteiger partial charge in [0, 0.05) is 30.5 Å². The third kappa shape index (κ3) is 3.59. The molecule has 2 fully saturated rings. The molecule has 3 aliphatic rings. The molecule has 5 rings (SSSR count). The van der Waals surface area contributed by atoms with Gasteiger partial charge in [0.25, 0.3) is 0 Å². The molecule has 0 saturated carbocycles. The highest BCUT2D eigenvalue weighted by atomic mass is 32.1. The molecule has 0 bridgehead atoms. The van der Waals surface area contributed by atoms with Crippen molar-refractivity contribution in [1.82, 2.24) is 9.97 Å². The summed E-state index contributed by atoms with van der Waals surface area (Å²) in [6, 6.07) is 0. The lowest BCUT2D eigenvalue weighted by Crippen LogP contribution is -2.38. The van der Waals surface area contributed by atoms with Crippen LogP contribution >= 0.6 is 11.3 Å². The number of ether oxygens (including phenoxy) is 2. The minimum Gasteiger partial charge on any atom is -0.381 e. The second-order valence-electron chi connectivity index (χ2n) is 8.23. The number of nitrogens with zero attached hydrogens (tertiary/aromatic N) is 3. The van der Waals surface area contributed by atoms with E-state index in [2.05, 4.69) is 4.90 Å². The fraction of sp³-hybridized carbons (Fsp3) is 0.714. The summed E-state index contributed by atoms with van der Waals surface area (Å²) in [4.78, 5) is 14.9. The van der Waals surface area contributed by atoms with Gasteiger partial charge in [-0.15, -0.1) is 11.3 Å². The van der Waals surface area contributed by atoms with E-state index in [0.29, 0.717) is 12.0 Å². The van der Waals surface area contributed by atoms with Crippen LogP contribution in [0.3, 0.4) is 0 Å². The van der Waals surface area contributed by atoms with E-state index < -0.39 is 0 Å². The predicted octanol–water partition coefficient (Wildman–Crippen LogP) is 3.90. The van der Waals surface area contributed by atoms with Crippen LogP contribution in [0.2, 0.25) is 0 Å². The zero-order valence-electron chi connectivity index (χ0n) is 16.2. The second-order valence-corrected chi connectivity index (χ2v) is 9.32. The van der Waals surface area contributed by atoms with Crippen molar-refractivity contribution in [2.75, 3.05) is 37.8 Å². The molecule has 146 valence electrons. The fourth-order valence-electron chi connectivity index (χ4n) is 4.69. The van der Waals surface area contributed by atoms with Crippen LogP contribution in [0.4, 0.5) is 5.82 Å². The lowest BCUT2D eigenvalue weighted by molar-refractivity contribution is 0.0131. The molecule has 0 aromatic carbocycles. The van der Waals surface area contributed by atoms with E-state index in [0.717, 1.165) is 58.0 Å². The molecular weight excluding hydrogens is 358 g/mol. The third-order valence-electron chi connectivity index (χ3n) is 6.24. The van der Waals surface area contributed by atoms with Crippen LogP contribution in [-0.4, -0.2) is 49.0 Å². The summed E-state index contributed by atoms with van der Waals surface area (Å²) in [6.45, 7) is 6.73. The van der Waals surface area contributed by atoms with Crippen molar-refractivity contribution in [3.8, 4) is 0 Å². The number of aryl methyl sites for hydroxylation is 3. The van der Waals surface area contributed by atoms with Gasteiger partial charge in [-0.2, -0.15) is 0 Å². The van der Waals surface area contributed by atoms with Crippen LogP contribution < -0.4 is 4.90 Å².